The summed E-state index contributed by atoms with van der Waals surface area (Å²) in [5, 5.41) is 6.12. The third kappa shape index (κ3) is 29.7. The molecule has 0 aliphatic carbocycles. The van der Waals surface area contributed by atoms with Crippen LogP contribution in [0.2, 0.25) is 0 Å². The number of sulfonamides is 4. The predicted octanol–water partition coefficient (Wildman–Crippen LogP) is 17.4. The van der Waals surface area contributed by atoms with Gasteiger partial charge in [-0.25, -0.2) is 78.5 Å². The SMILES string of the molecule is CC(=O)CCc1cccc(CN(Cc2ccc(-c3cnccn3)cc2)S(=O)(=O)c2nccs2)c1.CC(=O)CCc1cccc(CN(Cc2ccc(-c3ncccn3)cc2)S(=O)(=O)c2ccccn2)c1.CC(=O)CCc1cccc(CN(Cc2ccc(-c3ncccn3)cc2)S(=O)(=O)c2nccs2)c1.CC(=O)COc1cccc(CN(Cc2ccc(-c3nccs3)cc2)S(=O)(=O)c2cn(C)cn2)c1. The Kier molecular flexibility index (Phi) is 35.8. The molecule has 0 unspecified atom stereocenters. The largest absolute Gasteiger partial charge is 0.486 e. The van der Waals surface area contributed by atoms with Gasteiger partial charge in [-0.15, -0.1) is 34.0 Å². The highest BCUT2D eigenvalue weighted by Gasteiger charge is 2.32. The van der Waals surface area contributed by atoms with E-state index in [1.54, 1.807) is 147 Å². The lowest BCUT2D eigenvalue weighted by Crippen LogP contribution is -2.31. The van der Waals surface area contributed by atoms with Crippen LogP contribution in [0.5, 0.6) is 5.75 Å². The minimum Gasteiger partial charge on any atom is -0.486 e. The molecular weight excluding hydrogens is 1870 g/mol. The van der Waals surface area contributed by atoms with Crippen LogP contribution in [0.4, 0.5) is 0 Å². The quantitative estimate of drug-likeness (QED) is 0.0344. The van der Waals surface area contributed by atoms with E-state index in [4.69, 9.17) is 4.74 Å². The Morgan fingerprint density at radius 2 is 0.701 bits per heavy atom. The molecule has 702 valence electrons. The summed E-state index contributed by atoms with van der Waals surface area (Å²) in [4.78, 5) is 91.4. The second-order valence-electron chi connectivity index (χ2n) is 31.8. The monoisotopic (exact) mass is 1970 g/mol. The van der Waals surface area contributed by atoms with Crippen LogP contribution in [-0.4, -0.2) is 140 Å². The number of imidazole rings is 1. The molecule has 8 aromatic heterocycles. The minimum absolute atomic E-state index is 0.00189. The first-order chi connectivity index (χ1) is 66.0. The third-order valence-electron chi connectivity index (χ3n) is 21.0. The van der Waals surface area contributed by atoms with E-state index in [2.05, 4.69) is 54.8 Å². The molecule has 0 saturated heterocycles. The van der Waals surface area contributed by atoms with Crippen LogP contribution in [0, 0.1) is 0 Å². The number of pyridine rings is 1. The Bertz CT molecular complexity index is 6920. The first-order valence-electron chi connectivity index (χ1n) is 43.2. The van der Waals surface area contributed by atoms with Crippen molar-refractivity contribution in [3.63, 3.8) is 0 Å². The average molecular weight is 1970 g/mol. The van der Waals surface area contributed by atoms with Gasteiger partial charge in [0.2, 0.25) is 8.68 Å². The molecule has 0 radical (unpaired) electrons. The first-order valence-corrected chi connectivity index (χ1v) is 51.6. The molecule has 0 atom stereocenters. The molecule has 0 fully saturated rings. The summed E-state index contributed by atoms with van der Waals surface area (Å²) >= 11 is 3.75. The maximum Gasteiger partial charge on any atom is 0.270 e. The number of aromatic nitrogens is 12. The predicted molar refractivity (Wildman–Crippen MR) is 526 cm³/mol. The summed E-state index contributed by atoms with van der Waals surface area (Å²) in [6, 6.07) is 69.0. The fraction of sp³-hybridized carbons (Fsp3) is 0.198. The van der Waals surface area contributed by atoms with Gasteiger partial charge in [0.15, 0.2) is 27.5 Å². The van der Waals surface area contributed by atoms with Crippen LogP contribution < -0.4 is 4.74 Å². The highest BCUT2D eigenvalue weighted by Crippen LogP contribution is 2.32. The van der Waals surface area contributed by atoms with Crippen LogP contribution in [0.25, 0.3) is 44.6 Å². The van der Waals surface area contributed by atoms with E-state index in [1.807, 2.05) is 181 Å². The lowest BCUT2D eigenvalue weighted by Gasteiger charge is -2.22. The number of hydrogen-bond acceptors (Lipinski definition) is 27. The van der Waals surface area contributed by atoms with Gasteiger partial charge in [-0.3, -0.25) is 14.8 Å². The Morgan fingerprint density at radius 3 is 1.07 bits per heavy atom. The van der Waals surface area contributed by atoms with Crippen LogP contribution in [-0.2, 0) is 138 Å². The van der Waals surface area contributed by atoms with Crippen molar-refractivity contribution in [2.45, 2.75) is 137 Å². The number of carbonyl (C=O) groups is 4. The van der Waals surface area contributed by atoms with E-state index < -0.39 is 40.1 Å². The Morgan fingerprint density at radius 1 is 0.321 bits per heavy atom. The Hall–Kier alpha value is -13.6. The van der Waals surface area contributed by atoms with Crippen molar-refractivity contribution in [2.75, 3.05) is 6.61 Å². The highest BCUT2D eigenvalue weighted by atomic mass is 32.3. The molecule has 16 aromatic rings. The van der Waals surface area contributed by atoms with Crippen molar-refractivity contribution in [2.24, 2.45) is 7.05 Å². The molecule has 0 bridgehead atoms. The Balaban J connectivity index is 0.000000154. The van der Waals surface area contributed by atoms with Gasteiger partial charge in [0.25, 0.3) is 40.1 Å². The van der Waals surface area contributed by atoms with Crippen molar-refractivity contribution >= 4 is 97.2 Å². The summed E-state index contributed by atoms with van der Waals surface area (Å²) in [6.07, 6.45) is 24.1. The maximum absolute atomic E-state index is 13.5. The van der Waals surface area contributed by atoms with E-state index in [9.17, 15) is 52.8 Å². The van der Waals surface area contributed by atoms with Gasteiger partial charge >= 0.3 is 0 Å². The lowest BCUT2D eigenvalue weighted by atomic mass is 10.0. The second-order valence-corrected chi connectivity index (χ2v) is 42.5. The maximum atomic E-state index is 13.5. The Labute approximate surface area is 809 Å². The molecule has 0 aliphatic rings. The number of ketones is 4. The van der Waals surface area contributed by atoms with Gasteiger partial charge in [0.1, 0.15) is 34.7 Å². The van der Waals surface area contributed by atoms with Crippen LogP contribution >= 0.6 is 34.0 Å². The average Bonchev–Trinajstić information content (AvgIpc) is 1.77. The molecule has 8 aromatic carbocycles. The van der Waals surface area contributed by atoms with Gasteiger partial charge in [-0.05, 0) is 145 Å². The van der Waals surface area contributed by atoms with E-state index in [-0.39, 0.29) is 101 Å². The molecule has 0 N–H and O–H groups in total. The fourth-order valence-corrected chi connectivity index (χ4v) is 22.1. The molecule has 0 aliphatic heterocycles. The molecule has 16 rings (SSSR count). The summed E-state index contributed by atoms with van der Waals surface area (Å²) in [7, 11) is -13.6. The van der Waals surface area contributed by atoms with Gasteiger partial charge in [0, 0.05) is 185 Å². The van der Waals surface area contributed by atoms with E-state index in [0.29, 0.717) is 55.9 Å². The van der Waals surface area contributed by atoms with E-state index in [0.717, 1.165) is 117 Å². The van der Waals surface area contributed by atoms with Gasteiger partial charge in [-0.2, -0.15) is 17.2 Å². The number of thiazole rings is 3. The molecule has 0 spiro atoms. The van der Waals surface area contributed by atoms with Gasteiger partial charge in [0.05, 0.1) is 18.2 Å². The summed E-state index contributed by atoms with van der Waals surface area (Å²) in [5.74, 6) is 2.02. The summed E-state index contributed by atoms with van der Waals surface area (Å²) < 4.78 is 121. The number of ether oxygens (including phenoxy) is 1. The minimum atomic E-state index is -3.87. The number of hydrogen-bond donors (Lipinski definition) is 0. The molecule has 8 heterocycles. The molecule has 0 saturated carbocycles. The smallest absolute Gasteiger partial charge is 0.270 e. The number of rotatable bonds is 40. The number of aryl methyl sites for hydroxylation is 4. The number of benzene rings is 8. The van der Waals surface area contributed by atoms with Crippen molar-refractivity contribution < 1.29 is 57.6 Å². The number of nitrogens with zero attached hydrogens (tertiary/aromatic N) is 16. The first kappa shape index (κ1) is 101. The normalized spacial score (nSPS) is 11.6. The van der Waals surface area contributed by atoms with E-state index >= 15 is 0 Å². The van der Waals surface area contributed by atoms with Crippen LogP contribution in [0.1, 0.15) is 108 Å². The topological polar surface area (TPSA) is 374 Å². The zero-order valence-corrected chi connectivity index (χ0v) is 81.2. The number of Topliss-reactive ketones (excluding diaryl/α,β-unsaturated/α-hetero) is 4. The second kappa shape index (κ2) is 48.7. The molecule has 36 heteroatoms. The van der Waals surface area contributed by atoms with Gasteiger partial charge in [-0.1, -0.05) is 188 Å². The van der Waals surface area contributed by atoms with Crippen molar-refractivity contribution in [3.05, 3.63) is 382 Å². The zero-order valence-electron chi connectivity index (χ0n) is 75.5. The summed E-state index contributed by atoms with van der Waals surface area (Å²) in [5.41, 5.74) is 14.0. The highest BCUT2D eigenvalue weighted by molar-refractivity contribution is 7.91. The summed E-state index contributed by atoms with van der Waals surface area (Å²) in [6.45, 7) is 7.53. The van der Waals surface area contributed by atoms with Crippen molar-refractivity contribution in [1.82, 2.24) is 76.6 Å². The fourth-order valence-electron chi connectivity index (χ4n) is 14.0. The zero-order chi connectivity index (χ0) is 96.7. The standard InChI is InChI=1S/C27H26N4O3S.2C25H24N4O3S2.C24H24N4O4S2/c1-21(32)9-10-22-6-4-7-24(18-22)20-31(35(33,34)26-8-2-3-15-28-26)19-23-11-13-25(14-12-23)27-29-16-5-17-30-27;1-19(30)6-7-20-4-2-5-22(16-20)18-29(34(31,32)25-28-14-15-33-25)17-21-8-10-23(11-9-21)24-26-12-3-13-27-24;1-19(30)5-6-20-3-2-4-22(15-20)18-29(34(31,32)25-28-13-14-33-25)17-21-7-9-23(10-8-21)24-16-26-11-12-27-24;1-18(29)16-32-22-5-3-4-20(12-22)14-28(34(30,31)23-15-27(2)17-26-23)13-19-6-8-21(9-7-19)24-25-10-11-33-24/h2-8,11-18H,9-10,19-20H2,1H3;2-5,8-16H,6-7,17-18H2,1H3;2-4,7-16H,5-6,17-18H2,1H3;3-12,15,17H,13-14,16H2,1-2H3. The molecule has 29 nitrogen and oxygen atoms in total. The van der Waals surface area contributed by atoms with Crippen LogP contribution in [0.3, 0.4) is 0 Å². The van der Waals surface area contributed by atoms with E-state index in [1.165, 1.54) is 61.3 Å². The third-order valence-corrected chi connectivity index (χ3v) is 31.1. The van der Waals surface area contributed by atoms with Crippen LogP contribution in [0.15, 0.2) is 340 Å². The number of carbonyl (C=O) groups excluding carboxylic acids is 4. The van der Waals surface area contributed by atoms with Crippen molar-refractivity contribution in [1.29, 1.82) is 0 Å². The molecular formula is C101H98N16O13S7. The lowest BCUT2D eigenvalue weighted by molar-refractivity contribution is -0.119. The molecule has 0 amide bonds. The molecule has 137 heavy (non-hydrogen) atoms. The van der Waals surface area contributed by atoms with Crippen molar-refractivity contribution in [3.8, 4) is 50.4 Å². The van der Waals surface area contributed by atoms with Gasteiger partial charge < -0.3 is 23.7 Å².